The number of hydrogen-bond donors (Lipinski definition) is 0. The molecule has 2 aromatic rings. The van der Waals surface area contributed by atoms with Gasteiger partial charge in [0, 0.05) is 20.5 Å². The van der Waals surface area contributed by atoms with Gasteiger partial charge < -0.3 is 0 Å². The van der Waals surface area contributed by atoms with Crippen LogP contribution in [0.3, 0.4) is 0 Å². The quantitative estimate of drug-likeness (QED) is 0.738. The first-order chi connectivity index (χ1) is 9.45. The van der Waals surface area contributed by atoms with Gasteiger partial charge in [0.05, 0.1) is 4.90 Å². The van der Waals surface area contributed by atoms with Crippen LogP contribution in [-0.2, 0) is 21.9 Å². The van der Waals surface area contributed by atoms with Gasteiger partial charge in [-0.05, 0) is 48.6 Å². The first-order valence-electron chi connectivity index (χ1n) is 6.29. The van der Waals surface area contributed by atoms with Crippen LogP contribution in [0.15, 0.2) is 51.1 Å². The van der Waals surface area contributed by atoms with E-state index in [1.807, 2.05) is 18.2 Å². The molecule has 0 bridgehead atoms. The number of halogens is 1. The van der Waals surface area contributed by atoms with E-state index >= 15 is 0 Å². The highest BCUT2D eigenvalue weighted by atomic mass is 35.7. The van der Waals surface area contributed by atoms with Crippen LogP contribution in [0.2, 0.25) is 0 Å². The molecule has 0 saturated heterocycles. The summed E-state index contributed by atoms with van der Waals surface area (Å²) in [6.45, 7) is 1.79. The van der Waals surface area contributed by atoms with Crippen LogP contribution in [0.4, 0.5) is 0 Å². The molecule has 0 N–H and O–H groups in total. The van der Waals surface area contributed by atoms with Crippen molar-refractivity contribution in [2.45, 2.75) is 34.5 Å². The fourth-order valence-corrected chi connectivity index (χ4v) is 4.91. The maximum absolute atomic E-state index is 11.6. The third-order valence-corrected chi connectivity index (χ3v) is 6.16. The van der Waals surface area contributed by atoms with Crippen LogP contribution in [-0.4, -0.2) is 8.42 Å². The van der Waals surface area contributed by atoms with Gasteiger partial charge in [0.2, 0.25) is 0 Å². The standard InChI is InChI=1S/C15H13ClO2S2/c1-10-8-12-7-6-11-4-2-3-5-13(11)19-14(12)9-15(10)20(16,17)18/h2-5,8-9H,6-7H2,1H3. The summed E-state index contributed by atoms with van der Waals surface area (Å²) < 4.78 is 23.3. The average molecular weight is 325 g/mol. The van der Waals surface area contributed by atoms with E-state index in [1.165, 1.54) is 16.0 Å². The van der Waals surface area contributed by atoms with Gasteiger partial charge in [-0.3, -0.25) is 0 Å². The molecule has 0 unspecified atom stereocenters. The van der Waals surface area contributed by atoms with Gasteiger partial charge >= 0.3 is 0 Å². The molecule has 0 aliphatic carbocycles. The Morgan fingerprint density at radius 1 is 1.05 bits per heavy atom. The number of rotatable bonds is 1. The topological polar surface area (TPSA) is 34.1 Å². The molecule has 0 fully saturated rings. The molecule has 1 aliphatic rings. The fraction of sp³-hybridized carbons (Fsp3) is 0.200. The van der Waals surface area contributed by atoms with E-state index in [1.54, 1.807) is 24.8 Å². The van der Waals surface area contributed by atoms with Crippen molar-refractivity contribution < 1.29 is 8.42 Å². The minimum absolute atomic E-state index is 0.213. The summed E-state index contributed by atoms with van der Waals surface area (Å²) in [4.78, 5) is 2.39. The lowest BCUT2D eigenvalue weighted by atomic mass is 10.0. The number of aryl methyl sites for hydroxylation is 3. The van der Waals surface area contributed by atoms with Crippen molar-refractivity contribution in [3.63, 3.8) is 0 Å². The van der Waals surface area contributed by atoms with Gasteiger partial charge in [0.15, 0.2) is 0 Å². The first-order valence-corrected chi connectivity index (χ1v) is 9.42. The van der Waals surface area contributed by atoms with Gasteiger partial charge in [0.1, 0.15) is 0 Å². The zero-order chi connectivity index (χ0) is 14.3. The van der Waals surface area contributed by atoms with E-state index in [0.29, 0.717) is 5.56 Å². The molecule has 1 aliphatic heterocycles. The second-order valence-electron chi connectivity index (χ2n) is 4.87. The maximum atomic E-state index is 11.6. The molecule has 3 rings (SSSR count). The van der Waals surface area contributed by atoms with E-state index in [-0.39, 0.29) is 4.90 Å². The molecular weight excluding hydrogens is 312 g/mol. The summed E-state index contributed by atoms with van der Waals surface area (Å²) in [5, 5.41) is 0. The van der Waals surface area contributed by atoms with Crippen LogP contribution in [0.25, 0.3) is 0 Å². The number of fused-ring (bicyclic) bond motifs is 2. The second kappa shape index (κ2) is 5.10. The molecule has 104 valence electrons. The average Bonchev–Trinajstić information content (AvgIpc) is 2.55. The Balaban J connectivity index is 2.15. The Bertz CT molecular complexity index is 782. The van der Waals surface area contributed by atoms with E-state index in [2.05, 4.69) is 12.1 Å². The molecule has 0 aromatic heterocycles. The van der Waals surface area contributed by atoms with Gasteiger partial charge in [-0.25, -0.2) is 8.42 Å². The van der Waals surface area contributed by atoms with E-state index in [0.717, 1.165) is 17.7 Å². The van der Waals surface area contributed by atoms with E-state index in [4.69, 9.17) is 10.7 Å². The molecule has 1 heterocycles. The zero-order valence-electron chi connectivity index (χ0n) is 10.9. The van der Waals surface area contributed by atoms with Crippen molar-refractivity contribution in [2.24, 2.45) is 0 Å². The van der Waals surface area contributed by atoms with Crippen LogP contribution in [0.5, 0.6) is 0 Å². The molecular formula is C15H13ClO2S2. The second-order valence-corrected chi connectivity index (χ2v) is 8.49. The maximum Gasteiger partial charge on any atom is 0.261 e. The van der Waals surface area contributed by atoms with Crippen LogP contribution >= 0.6 is 22.4 Å². The molecule has 0 atom stereocenters. The summed E-state index contributed by atoms with van der Waals surface area (Å²) in [5.74, 6) is 0. The summed E-state index contributed by atoms with van der Waals surface area (Å²) >= 11 is 1.62. The van der Waals surface area contributed by atoms with Crippen LogP contribution < -0.4 is 0 Å². The molecule has 2 aromatic carbocycles. The molecule has 5 heteroatoms. The van der Waals surface area contributed by atoms with Crippen molar-refractivity contribution in [1.82, 2.24) is 0 Å². The highest BCUT2D eigenvalue weighted by Crippen LogP contribution is 2.39. The Morgan fingerprint density at radius 2 is 1.75 bits per heavy atom. The Labute approximate surface area is 127 Å². The third kappa shape index (κ3) is 2.60. The van der Waals surface area contributed by atoms with E-state index in [9.17, 15) is 8.42 Å². The first kappa shape index (κ1) is 14.0. The van der Waals surface area contributed by atoms with Gasteiger partial charge in [-0.2, -0.15) is 0 Å². The molecule has 0 saturated carbocycles. The van der Waals surface area contributed by atoms with Gasteiger partial charge in [-0.1, -0.05) is 36.0 Å². The highest BCUT2D eigenvalue weighted by molar-refractivity contribution is 8.13. The van der Waals surface area contributed by atoms with Crippen molar-refractivity contribution in [2.75, 3.05) is 0 Å². The number of benzene rings is 2. The molecule has 0 radical (unpaired) electrons. The largest absolute Gasteiger partial charge is 0.261 e. The van der Waals surface area contributed by atoms with E-state index < -0.39 is 9.05 Å². The Hall–Kier alpha value is -0.970. The SMILES string of the molecule is Cc1cc2c(cc1S(=O)(=O)Cl)Sc1ccccc1CC2. The van der Waals surface area contributed by atoms with Crippen LogP contribution in [0.1, 0.15) is 16.7 Å². The predicted octanol–water partition coefficient (Wildman–Crippen LogP) is 4.17. The Morgan fingerprint density at radius 3 is 2.50 bits per heavy atom. The lowest BCUT2D eigenvalue weighted by Crippen LogP contribution is -1.98. The minimum Gasteiger partial charge on any atom is -0.207 e. The molecule has 0 amide bonds. The fourth-order valence-electron chi connectivity index (χ4n) is 2.48. The summed E-state index contributed by atoms with van der Waals surface area (Å²) in [6.07, 6.45) is 1.89. The monoisotopic (exact) mass is 324 g/mol. The normalized spacial score (nSPS) is 14.3. The molecule has 0 spiro atoms. The summed E-state index contributed by atoms with van der Waals surface area (Å²) in [7, 11) is 1.81. The van der Waals surface area contributed by atoms with Gasteiger partial charge in [0.25, 0.3) is 9.05 Å². The smallest absolute Gasteiger partial charge is 0.207 e. The number of hydrogen-bond acceptors (Lipinski definition) is 3. The summed E-state index contributed by atoms with van der Waals surface area (Å²) in [6, 6.07) is 11.9. The minimum atomic E-state index is -3.70. The van der Waals surface area contributed by atoms with Crippen molar-refractivity contribution in [3.8, 4) is 0 Å². The molecule has 2 nitrogen and oxygen atoms in total. The molecule has 20 heavy (non-hydrogen) atoms. The lowest BCUT2D eigenvalue weighted by molar-refractivity contribution is 0.608. The van der Waals surface area contributed by atoms with Crippen molar-refractivity contribution in [1.29, 1.82) is 0 Å². The predicted molar refractivity (Wildman–Crippen MR) is 82.2 cm³/mol. The Kier molecular flexibility index (Phi) is 3.56. The van der Waals surface area contributed by atoms with Gasteiger partial charge in [-0.15, -0.1) is 0 Å². The third-order valence-electron chi connectivity index (χ3n) is 3.48. The highest BCUT2D eigenvalue weighted by Gasteiger charge is 2.20. The van der Waals surface area contributed by atoms with Crippen molar-refractivity contribution in [3.05, 3.63) is 53.1 Å². The lowest BCUT2D eigenvalue weighted by Gasteiger charge is -2.10. The summed E-state index contributed by atoms with van der Waals surface area (Å²) in [5.41, 5.74) is 3.21. The zero-order valence-corrected chi connectivity index (χ0v) is 13.3. The van der Waals surface area contributed by atoms with Crippen LogP contribution in [0, 0.1) is 6.92 Å². The van der Waals surface area contributed by atoms with Crippen molar-refractivity contribution >= 4 is 31.5 Å².